The van der Waals surface area contributed by atoms with E-state index in [1.54, 1.807) is 6.92 Å². The molecule has 0 aliphatic carbocycles. The molecule has 88 valence electrons. The minimum Gasteiger partial charge on any atom is -0.480 e. The maximum absolute atomic E-state index is 11.3. The van der Waals surface area contributed by atoms with E-state index in [1.165, 1.54) is 6.07 Å². The van der Waals surface area contributed by atoms with Crippen LogP contribution in [-0.2, 0) is 4.79 Å². The first-order valence-electron chi connectivity index (χ1n) is 4.91. The van der Waals surface area contributed by atoms with E-state index in [0.717, 1.165) is 11.8 Å². The summed E-state index contributed by atoms with van der Waals surface area (Å²) in [4.78, 5) is 28.7. The number of carboxylic acid groups (broad SMARTS) is 1. The molecule has 2 N–H and O–H groups in total. The van der Waals surface area contributed by atoms with Gasteiger partial charge in [-0.05, 0) is 12.8 Å². The largest absolute Gasteiger partial charge is 0.480 e. The number of hydrogen-bond donors (Lipinski definition) is 2. The first kappa shape index (κ1) is 12.8. The number of nitrogens with one attached hydrogen (secondary N) is 1. The van der Waals surface area contributed by atoms with Crippen LogP contribution in [0.1, 0.15) is 32.4 Å². The van der Waals surface area contributed by atoms with Crippen LogP contribution in [0.3, 0.4) is 0 Å². The van der Waals surface area contributed by atoms with Gasteiger partial charge in [0.2, 0.25) is 0 Å². The van der Waals surface area contributed by atoms with Crippen LogP contribution in [0.2, 0.25) is 0 Å². The summed E-state index contributed by atoms with van der Waals surface area (Å²) in [6, 6.07) is 1.43. The maximum Gasteiger partial charge on any atom is 0.316 e. The number of carbonyl (C=O) groups is 1. The molecule has 16 heavy (non-hydrogen) atoms. The van der Waals surface area contributed by atoms with Crippen LogP contribution < -0.4 is 5.56 Å². The number of carboxylic acids is 1. The van der Waals surface area contributed by atoms with Crippen molar-refractivity contribution in [3.05, 3.63) is 22.1 Å². The molecule has 0 aliphatic rings. The third kappa shape index (κ3) is 3.37. The van der Waals surface area contributed by atoms with E-state index in [4.69, 9.17) is 5.11 Å². The number of rotatable bonds is 4. The molecule has 1 heterocycles. The Morgan fingerprint density at radius 2 is 2.12 bits per heavy atom. The van der Waals surface area contributed by atoms with E-state index in [-0.39, 0.29) is 11.5 Å². The van der Waals surface area contributed by atoms with Gasteiger partial charge in [0.15, 0.2) is 5.16 Å². The summed E-state index contributed by atoms with van der Waals surface area (Å²) in [7, 11) is 0. The minimum absolute atomic E-state index is 0.141. The smallest absolute Gasteiger partial charge is 0.316 e. The highest BCUT2D eigenvalue weighted by atomic mass is 32.2. The number of hydrogen-bond acceptors (Lipinski definition) is 4. The molecule has 5 nitrogen and oxygen atoms in total. The Bertz CT molecular complexity index is 442. The van der Waals surface area contributed by atoms with Gasteiger partial charge in [-0.15, -0.1) is 0 Å². The predicted molar refractivity (Wildman–Crippen MR) is 61.9 cm³/mol. The molecule has 1 unspecified atom stereocenters. The zero-order chi connectivity index (χ0) is 12.3. The molecule has 1 aromatic rings. The average molecular weight is 242 g/mol. The summed E-state index contributed by atoms with van der Waals surface area (Å²) < 4.78 is 0. The van der Waals surface area contributed by atoms with E-state index in [2.05, 4.69) is 9.97 Å². The fourth-order valence-corrected chi connectivity index (χ4v) is 1.78. The van der Waals surface area contributed by atoms with Crippen molar-refractivity contribution in [3.63, 3.8) is 0 Å². The van der Waals surface area contributed by atoms with Gasteiger partial charge >= 0.3 is 5.97 Å². The van der Waals surface area contributed by atoms with E-state index in [0.29, 0.717) is 10.9 Å². The highest BCUT2D eigenvalue weighted by Gasteiger charge is 2.15. The summed E-state index contributed by atoms with van der Waals surface area (Å²) in [6.45, 7) is 5.41. The average Bonchev–Trinajstić information content (AvgIpc) is 2.16. The van der Waals surface area contributed by atoms with Crippen LogP contribution in [0.5, 0.6) is 0 Å². The number of aromatic amines is 1. The van der Waals surface area contributed by atoms with Crippen molar-refractivity contribution in [1.29, 1.82) is 0 Å². The standard InChI is InChI=1S/C10H14N2O3S/c1-5(2)7-4-8(13)12-10(11-7)16-6(3)9(14)15/h4-6H,1-3H3,(H,14,15)(H,11,12,13). The van der Waals surface area contributed by atoms with Crippen LogP contribution >= 0.6 is 11.8 Å². The Morgan fingerprint density at radius 3 is 2.62 bits per heavy atom. The molecular formula is C10H14N2O3S. The Hall–Kier alpha value is -1.30. The Kier molecular flexibility index (Phi) is 4.12. The summed E-state index contributed by atoms with van der Waals surface area (Å²) >= 11 is 1.03. The molecule has 0 aliphatic heterocycles. The molecule has 0 saturated heterocycles. The topological polar surface area (TPSA) is 83.0 Å². The summed E-state index contributed by atoms with van der Waals surface area (Å²) in [6.07, 6.45) is 0. The molecule has 0 fully saturated rings. The van der Waals surface area contributed by atoms with Gasteiger partial charge in [-0.25, -0.2) is 4.98 Å². The van der Waals surface area contributed by atoms with Crippen molar-refractivity contribution in [1.82, 2.24) is 9.97 Å². The SMILES string of the molecule is CC(Sc1nc(C(C)C)cc(=O)[nH]1)C(=O)O. The summed E-state index contributed by atoms with van der Waals surface area (Å²) in [5.41, 5.74) is 0.419. The minimum atomic E-state index is -0.928. The second kappa shape index (κ2) is 5.16. The number of aliphatic carboxylic acids is 1. The van der Waals surface area contributed by atoms with Crippen LogP contribution in [-0.4, -0.2) is 26.3 Å². The van der Waals surface area contributed by atoms with Gasteiger partial charge in [-0.2, -0.15) is 0 Å². The van der Waals surface area contributed by atoms with Crippen LogP contribution in [0, 0.1) is 0 Å². The molecule has 6 heteroatoms. The van der Waals surface area contributed by atoms with Crippen molar-refractivity contribution in [3.8, 4) is 0 Å². The predicted octanol–water partition coefficient (Wildman–Crippen LogP) is 1.46. The Morgan fingerprint density at radius 1 is 1.50 bits per heavy atom. The zero-order valence-corrected chi connectivity index (χ0v) is 10.2. The van der Waals surface area contributed by atoms with Gasteiger partial charge in [0, 0.05) is 6.07 Å². The van der Waals surface area contributed by atoms with E-state index >= 15 is 0 Å². The van der Waals surface area contributed by atoms with Gasteiger partial charge in [-0.1, -0.05) is 25.6 Å². The lowest BCUT2D eigenvalue weighted by Gasteiger charge is -2.08. The lowest BCUT2D eigenvalue weighted by atomic mass is 10.1. The van der Waals surface area contributed by atoms with Crippen LogP contribution in [0.25, 0.3) is 0 Å². The second-order valence-corrected chi connectivity index (χ2v) is 5.06. The van der Waals surface area contributed by atoms with Crippen molar-refractivity contribution in [2.24, 2.45) is 0 Å². The van der Waals surface area contributed by atoms with Gasteiger partial charge < -0.3 is 10.1 Å². The van der Waals surface area contributed by atoms with Gasteiger partial charge in [0.05, 0.1) is 5.69 Å². The molecule has 1 rings (SSSR count). The first-order valence-corrected chi connectivity index (χ1v) is 5.79. The number of thioether (sulfide) groups is 1. The van der Waals surface area contributed by atoms with Crippen molar-refractivity contribution >= 4 is 17.7 Å². The van der Waals surface area contributed by atoms with Gasteiger partial charge in [-0.3, -0.25) is 9.59 Å². The molecule has 0 radical (unpaired) electrons. The summed E-state index contributed by atoms with van der Waals surface area (Å²) in [5, 5.41) is 8.47. The highest BCUT2D eigenvalue weighted by molar-refractivity contribution is 8.00. The lowest BCUT2D eigenvalue weighted by Crippen LogP contribution is -2.15. The van der Waals surface area contributed by atoms with Gasteiger partial charge in [0.25, 0.3) is 5.56 Å². The monoisotopic (exact) mass is 242 g/mol. The number of H-pyrrole nitrogens is 1. The van der Waals surface area contributed by atoms with Crippen molar-refractivity contribution < 1.29 is 9.90 Å². The van der Waals surface area contributed by atoms with Crippen LogP contribution in [0.4, 0.5) is 0 Å². The van der Waals surface area contributed by atoms with E-state index in [9.17, 15) is 9.59 Å². The maximum atomic E-state index is 11.3. The van der Waals surface area contributed by atoms with Crippen molar-refractivity contribution in [2.75, 3.05) is 0 Å². The quantitative estimate of drug-likeness (QED) is 0.617. The van der Waals surface area contributed by atoms with Crippen molar-refractivity contribution in [2.45, 2.75) is 37.1 Å². The number of nitrogens with zero attached hydrogens (tertiary/aromatic N) is 1. The molecule has 1 atom stereocenters. The third-order valence-corrected chi connectivity index (χ3v) is 2.94. The fourth-order valence-electron chi connectivity index (χ4n) is 1.02. The third-order valence-electron chi connectivity index (χ3n) is 1.97. The highest BCUT2D eigenvalue weighted by Crippen LogP contribution is 2.20. The normalized spacial score (nSPS) is 12.8. The lowest BCUT2D eigenvalue weighted by molar-refractivity contribution is -0.136. The molecule has 0 spiro atoms. The molecule has 1 aromatic heterocycles. The first-order chi connectivity index (χ1) is 7.40. The van der Waals surface area contributed by atoms with Gasteiger partial charge in [0.1, 0.15) is 5.25 Å². The fraction of sp³-hybridized carbons (Fsp3) is 0.500. The second-order valence-electron chi connectivity index (χ2n) is 3.73. The molecule has 0 aromatic carbocycles. The Balaban J connectivity index is 2.97. The van der Waals surface area contributed by atoms with Crippen LogP contribution in [0.15, 0.2) is 16.0 Å². The molecule has 0 amide bonds. The number of aromatic nitrogens is 2. The molecular weight excluding hydrogens is 228 g/mol. The van der Waals surface area contributed by atoms with E-state index < -0.39 is 11.2 Å². The molecule has 0 bridgehead atoms. The molecule has 0 saturated carbocycles. The summed E-state index contributed by atoms with van der Waals surface area (Å²) in [5.74, 6) is -0.788. The Labute approximate surface area is 97.3 Å². The zero-order valence-electron chi connectivity index (χ0n) is 9.35. The van der Waals surface area contributed by atoms with E-state index in [1.807, 2.05) is 13.8 Å².